The summed E-state index contributed by atoms with van der Waals surface area (Å²) in [5.41, 5.74) is 10.1. The van der Waals surface area contributed by atoms with Crippen LogP contribution in [0, 0.1) is 0 Å². The minimum absolute atomic E-state index is 0.123. The number of ether oxygens (including phenoxy) is 1. The highest BCUT2D eigenvalue weighted by atomic mass is 32.2. The van der Waals surface area contributed by atoms with Gasteiger partial charge in [0.1, 0.15) is 11.0 Å². The average molecular weight is 343 g/mol. The van der Waals surface area contributed by atoms with Crippen LogP contribution in [0.3, 0.4) is 0 Å². The molecular formula is C16H17N5O2S. The first-order valence-corrected chi connectivity index (χ1v) is 8.52. The second kappa shape index (κ2) is 6.21. The summed E-state index contributed by atoms with van der Waals surface area (Å²) >= 11 is 1.71. The van der Waals surface area contributed by atoms with E-state index in [0.717, 1.165) is 22.5 Å². The van der Waals surface area contributed by atoms with Gasteiger partial charge in [-0.1, -0.05) is 0 Å². The number of hydrogen-bond donors (Lipinski definition) is 3. The van der Waals surface area contributed by atoms with E-state index in [-0.39, 0.29) is 23.8 Å². The number of rotatable bonds is 4. The molecule has 8 heteroatoms. The molecule has 2 unspecified atom stereocenters. The number of esters is 1. The molecular weight excluding hydrogens is 326 g/mol. The first kappa shape index (κ1) is 15.1. The number of hydrazine groups is 1. The fraction of sp³-hybridized carbons (Fsp3) is 0.250. The smallest absolute Gasteiger partial charge is 0.307 e. The maximum absolute atomic E-state index is 11.6. The summed E-state index contributed by atoms with van der Waals surface area (Å²) in [6, 6.07) is 3.88. The van der Waals surface area contributed by atoms with E-state index in [4.69, 9.17) is 4.74 Å². The third-order valence-corrected chi connectivity index (χ3v) is 5.07. The van der Waals surface area contributed by atoms with Crippen LogP contribution in [-0.4, -0.2) is 28.5 Å². The number of nitrogens with zero attached hydrogens (tertiary/aromatic N) is 2. The molecule has 4 heterocycles. The van der Waals surface area contributed by atoms with Gasteiger partial charge in [-0.15, -0.1) is 11.8 Å². The van der Waals surface area contributed by atoms with Crippen LogP contribution in [0.25, 0.3) is 11.2 Å². The van der Waals surface area contributed by atoms with Crippen molar-refractivity contribution in [2.45, 2.75) is 17.8 Å². The number of carbonyl (C=O) groups excluding carboxylic acids is 1. The summed E-state index contributed by atoms with van der Waals surface area (Å²) in [5, 5.41) is 5.50. The van der Waals surface area contributed by atoms with Crippen molar-refractivity contribution in [3.8, 4) is 0 Å². The number of aromatic nitrogens is 2. The summed E-state index contributed by atoms with van der Waals surface area (Å²) in [4.78, 5) is 16.1. The maximum atomic E-state index is 11.6. The van der Waals surface area contributed by atoms with E-state index >= 15 is 0 Å². The van der Waals surface area contributed by atoms with Crippen molar-refractivity contribution < 1.29 is 9.53 Å². The molecule has 0 spiro atoms. The number of fused-ring (bicyclic) bond motifs is 1. The van der Waals surface area contributed by atoms with Crippen LogP contribution in [-0.2, 0) is 9.53 Å². The van der Waals surface area contributed by atoms with Crippen LogP contribution in [0.1, 0.15) is 23.1 Å². The fourth-order valence-electron chi connectivity index (χ4n) is 2.90. The Morgan fingerprint density at radius 1 is 1.46 bits per heavy atom. The Balaban J connectivity index is 1.67. The highest BCUT2D eigenvalue weighted by molar-refractivity contribution is 8.02. The van der Waals surface area contributed by atoms with Crippen molar-refractivity contribution in [2.75, 3.05) is 7.11 Å². The predicted octanol–water partition coefficient (Wildman–Crippen LogP) is 1.52. The van der Waals surface area contributed by atoms with Gasteiger partial charge in [0.05, 0.1) is 31.5 Å². The van der Waals surface area contributed by atoms with Gasteiger partial charge in [-0.25, -0.2) is 10.4 Å². The lowest BCUT2D eigenvalue weighted by atomic mass is 10.00. The number of pyridine rings is 1. The Morgan fingerprint density at radius 3 is 3.17 bits per heavy atom. The molecule has 0 fully saturated rings. The number of nitrogens with one attached hydrogen (secondary N) is 3. The maximum Gasteiger partial charge on any atom is 0.307 e. The normalized spacial score (nSPS) is 22.3. The summed E-state index contributed by atoms with van der Waals surface area (Å²) < 4.78 is 6.86. The highest BCUT2D eigenvalue weighted by Crippen LogP contribution is 2.32. The van der Waals surface area contributed by atoms with Crippen molar-refractivity contribution >= 4 is 29.0 Å². The molecule has 124 valence electrons. The van der Waals surface area contributed by atoms with Crippen LogP contribution in [0.2, 0.25) is 0 Å². The molecule has 7 nitrogen and oxygen atoms in total. The zero-order chi connectivity index (χ0) is 16.5. The molecule has 2 aliphatic rings. The van der Waals surface area contributed by atoms with E-state index in [1.807, 2.05) is 36.1 Å². The van der Waals surface area contributed by atoms with Crippen molar-refractivity contribution in [3.05, 3.63) is 53.6 Å². The van der Waals surface area contributed by atoms with Crippen molar-refractivity contribution in [1.29, 1.82) is 0 Å². The van der Waals surface area contributed by atoms with Gasteiger partial charge in [-0.2, -0.15) is 0 Å². The first-order chi connectivity index (χ1) is 11.8. The summed E-state index contributed by atoms with van der Waals surface area (Å²) in [6.45, 7) is 0. The molecule has 24 heavy (non-hydrogen) atoms. The molecule has 0 bridgehead atoms. The monoisotopic (exact) mass is 343 g/mol. The van der Waals surface area contributed by atoms with Crippen LogP contribution >= 0.6 is 11.8 Å². The third kappa shape index (κ3) is 2.63. The molecule has 0 saturated heterocycles. The van der Waals surface area contributed by atoms with Gasteiger partial charge in [0.25, 0.3) is 0 Å². The fourth-order valence-corrected chi connectivity index (χ4v) is 3.68. The molecule has 0 aromatic carbocycles. The van der Waals surface area contributed by atoms with Gasteiger partial charge in [0, 0.05) is 18.6 Å². The van der Waals surface area contributed by atoms with E-state index < -0.39 is 0 Å². The SMILES string of the molecule is COC(=O)CC1NNC=C1c1ccc2ncc(C3NC=CS3)n2c1. The molecule has 2 atom stereocenters. The van der Waals surface area contributed by atoms with E-state index in [1.165, 1.54) is 7.11 Å². The van der Waals surface area contributed by atoms with Crippen LogP contribution in [0.5, 0.6) is 0 Å². The standard InChI is InChI=1S/C16H17N5O2S/c1-23-15(22)6-12-11(7-19-20-12)10-2-3-14-18-8-13(21(14)9-10)16-17-4-5-24-16/h2-5,7-9,12,16-17,19-20H,6H2,1H3. The highest BCUT2D eigenvalue weighted by Gasteiger charge is 2.24. The van der Waals surface area contributed by atoms with Crippen LogP contribution in [0.15, 0.2) is 42.3 Å². The topological polar surface area (TPSA) is 79.7 Å². The molecule has 0 saturated carbocycles. The quantitative estimate of drug-likeness (QED) is 0.726. The van der Waals surface area contributed by atoms with E-state index in [0.29, 0.717) is 0 Å². The molecule has 0 radical (unpaired) electrons. The first-order valence-electron chi connectivity index (χ1n) is 7.58. The zero-order valence-corrected chi connectivity index (χ0v) is 13.8. The van der Waals surface area contributed by atoms with Crippen molar-refractivity contribution in [2.24, 2.45) is 0 Å². The summed E-state index contributed by atoms with van der Waals surface area (Å²) in [7, 11) is 1.40. The van der Waals surface area contributed by atoms with Gasteiger partial charge >= 0.3 is 5.97 Å². The number of methoxy groups -OCH3 is 1. The Bertz CT molecular complexity index is 836. The molecule has 3 N–H and O–H groups in total. The van der Waals surface area contributed by atoms with Crippen molar-refractivity contribution in [3.63, 3.8) is 0 Å². The lowest BCUT2D eigenvalue weighted by Gasteiger charge is -2.15. The lowest BCUT2D eigenvalue weighted by molar-refractivity contribution is -0.140. The number of imidazole rings is 1. The molecule has 0 aliphatic carbocycles. The van der Waals surface area contributed by atoms with Gasteiger partial charge in [0.2, 0.25) is 0 Å². The summed E-state index contributed by atoms with van der Waals surface area (Å²) in [6.07, 6.45) is 8.05. The largest absolute Gasteiger partial charge is 0.469 e. The minimum Gasteiger partial charge on any atom is -0.469 e. The molecule has 2 aliphatic heterocycles. The van der Waals surface area contributed by atoms with Gasteiger partial charge in [-0.3, -0.25) is 4.79 Å². The predicted molar refractivity (Wildman–Crippen MR) is 92.5 cm³/mol. The summed E-state index contributed by atoms with van der Waals surface area (Å²) in [5.74, 6) is -0.246. The third-order valence-electron chi connectivity index (χ3n) is 4.13. The Hall–Kier alpha value is -2.45. The average Bonchev–Trinajstić information content (AvgIpc) is 3.33. The minimum atomic E-state index is -0.246. The van der Waals surface area contributed by atoms with E-state index in [2.05, 4.69) is 31.7 Å². The molecule has 0 amide bonds. The van der Waals surface area contributed by atoms with Crippen LogP contribution in [0.4, 0.5) is 0 Å². The van der Waals surface area contributed by atoms with Crippen LogP contribution < -0.4 is 16.2 Å². The molecule has 2 aromatic rings. The lowest BCUT2D eigenvalue weighted by Crippen LogP contribution is -2.33. The van der Waals surface area contributed by atoms with Gasteiger partial charge < -0.3 is 19.9 Å². The van der Waals surface area contributed by atoms with Gasteiger partial charge in [-0.05, 0) is 28.7 Å². The van der Waals surface area contributed by atoms with E-state index in [9.17, 15) is 4.79 Å². The number of thioether (sulfide) groups is 1. The Labute approximate surface area is 143 Å². The number of carbonyl (C=O) groups is 1. The Kier molecular flexibility index (Phi) is 3.91. The zero-order valence-electron chi connectivity index (χ0n) is 13.0. The molecule has 2 aromatic heterocycles. The van der Waals surface area contributed by atoms with Gasteiger partial charge in [0.15, 0.2) is 0 Å². The number of hydrogen-bond acceptors (Lipinski definition) is 7. The molecule has 4 rings (SSSR count). The van der Waals surface area contributed by atoms with Crippen molar-refractivity contribution in [1.82, 2.24) is 25.6 Å². The second-order valence-electron chi connectivity index (χ2n) is 5.54. The van der Waals surface area contributed by atoms with E-state index in [1.54, 1.807) is 11.8 Å². The second-order valence-corrected chi connectivity index (χ2v) is 6.55. The Morgan fingerprint density at radius 2 is 2.38 bits per heavy atom.